The van der Waals surface area contributed by atoms with E-state index in [1.54, 1.807) is 0 Å². The fraction of sp³-hybridized carbons (Fsp3) is 1.00. The number of hydrogen-bond acceptors (Lipinski definition) is 3. The van der Waals surface area contributed by atoms with E-state index in [9.17, 15) is 5.11 Å². The molecule has 0 aromatic carbocycles. The number of fused-ring (bicyclic) bond motifs is 7. The molecular weight excluding hydrogens is 372 g/mol. The van der Waals surface area contributed by atoms with Crippen molar-refractivity contribution in [3.63, 3.8) is 0 Å². The van der Waals surface area contributed by atoms with Gasteiger partial charge in [-0.2, -0.15) is 0 Å². The molecule has 2 heterocycles. The molecule has 2 saturated heterocycles. The van der Waals surface area contributed by atoms with Crippen LogP contribution in [0.4, 0.5) is 0 Å². The molecule has 2 aliphatic heterocycles. The maximum atomic E-state index is 10.3. The standard InChI is InChI=1S/C27H44O3/c1-16-7-12-27(29-15-16)17(2)24-23(30-27)14-22-20-6-5-18-13-19(28)8-10-25(18,3)21(20)9-11-26(22,24)4/h16-24,28H,5-15H2,1-4H3/t16-,17+,18-,19?,20-,21+,22+,23+,24+,25+,26+,27-/m1/s1. The predicted molar refractivity (Wildman–Crippen MR) is 118 cm³/mol. The minimum absolute atomic E-state index is 0.0389. The summed E-state index contributed by atoms with van der Waals surface area (Å²) in [4.78, 5) is 0. The molecular formula is C27H44O3. The van der Waals surface area contributed by atoms with E-state index in [4.69, 9.17) is 9.47 Å². The van der Waals surface area contributed by atoms with Crippen LogP contribution in [0.15, 0.2) is 0 Å². The number of aliphatic hydroxyl groups is 1. The first-order chi connectivity index (χ1) is 14.3. The Morgan fingerprint density at radius 1 is 0.833 bits per heavy atom. The lowest BCUT2D eigenvalue weighted by Gasteiger charge is -2.61. The molecule has 30 heavy (non-hydrogen) atoms. The topological polar surface area (TPSA) is 38.7 Å². The van der Waals surface area contributed by atoms with Gasteiger partial charge in [-0.1, -0.05) is 27.7 Å². The van der Waals surface area contributed by atoms with Gasteiger partial charge in [0.1, 0.15) is 0 Å². The molecule has 1 unspecified atom stereocenters. The molecule has 4 aliphatic carbocycles. The Morgan fingerprint density at radius 3 is 2.40 bits per heavy atom. The van der Waals surface area contributed by atoms with E-state index in [-0.39, 0.29) is 11.9 Å². The zero-order valence-corrected chi connectivity index (χ0v) is 19.7. The fourth-order valence-corrected chi connectivity index (χ4v) is 10.3. The minimum Gasteiger partial charge on any atom is -0.393 e. The molecule has 0 amide bonds. The molecule has 0 bridgehead atoms. The van der Waals surface area contributed by atoms with Gasteiger partial charge in [0.05, 0.1) is 18.8 Å². The van der Waals surface area contributed by atoms with Crippen LogP contribution in [0.3, 0.4) is 0 Å². The van der Waals surface area contributed by atoms with Crippen LogP contribution in [-0.2, 0) is 9.47 Å². The van der Waals surface area contributed by atoms with E-state index >= 15 is 0 Å². The average molecular weight is 417 g/mol. The van der Waals surface area contributed by atoms with Gasteiger partial charge in [-0.25, -0.2) is 0 Å². The number of hydrogen-bond donors (Lipinski definition) is 1. The first-order valence-corrected chi connectivity index (χ1v) is 13.3. The van der Waals surface area contributed by atoms with Crippen molar-refractivity contribution in [2.45, 2.75) is 110 Å². The van der Waals surface area contributed by atoms with Crippen molar-refractivity contribution in [1.29, 1.82) is 0 Å². The van der Waals surface area contributed by atoms with E-state index in [1.807, 2.05) is 0 Å². The second-order valence-corrected chi connectivity index (χ2v) is 13.1. The lowest BCUT2D eigenvalue weighted by Crippen LogP contribution is -2.55. The molecule has 6 aliphatic rings. The predicted octanol–water partition coefficient (Wildman–Crippen LogP) is 5.79. The van der Waals surface area contributed by atoms with Crippen LogP contribution < -0.4 is 0 Å². The monoisotopic (exact) mass is 416 g/mol. The van der Waals surface area contributed by atoms with Gasteiger partial charge < -0.3 is 14.6 Å². The molecule has 1 N–H and O–H groups in total. The highest BCUT2D eigenvalue weighted by atomic mass is 16.7. The molecule has 1 spiro atoms. The Labute approximate surface area is 183 Å². The summed E-state index contributed by atoms with van der Waals surface area (Å²) in [5.74, 6) is 4.93. The summed E-state index contributed by atoms with van der Waals surface area (Å²) < 4.78 is 13.4. The largest absolute Gasteiger partial charge is 0.393 e. The van der Waals surface area contributed by atoms with Gasteiger partial charge in [-0.15, -0.1) is 0 Å². The summed E-state index contributed by atoms with van der Waals surface area (Å²) in [5, 5.41) is 10.3. The highest BCUT2D eigenvalue weighted by Crippen LogP contribution is 2.71. The molecule has 6 fully saturated rings. The Hall–Kier alpha value is -0.120. The van der Waals surface area contributed by atoms with E-state index in [0.717, 1.165) is 49.5 Å². The van der Waals surface area contributed by atoms with Crippen LogP contribution in [0.25, 0.3) is 0 Å². The molecule has 3 nitrogen and oxygen atoms in total. The second kappa shape index (κ2) is 6.70. The first kappa shape index (κ1) is 20.5. The number of rotatable bonds is 0. The van der Waals surface area contributed by atoms with Crippen molar-refractivity contribution in [2.75, 3.05) is 6.61 Å². The van der Waals surface area contributed by atoms with Crippen molar-refractivity contribution in [3.05, 3.63) is 0 Å². The van der Waals surface area contributed by atoms with Crippen LogP contribution in [-0.4, -0.2) is 29.7 Å². The molecule has 3 heteroatoms. The summed E-state index contributed by atoms with van der Waals surface area (Å²) >= 11 is 0. The maximum Gasteiger partial charge on any atom is 0.171 e. The second-order valence-electron chi connectivity index (χ2n) is 13.1. The average Bonchev–Trinajstić information content (AvgIpc) is 3.16. The van der Waals surface area contributed by atoms with Crippen LogP contribution in [0.1, 0.15) is 91.9 Å². The molecule has 12 atom stereocenters. The van der Waals surface area contributed by atoms with Crippen molar-refractivity contribution in [2.24, 2.45) is 52.3 Å². The SMILES string of the molecule is C[C@@H]1CC[C@@]2(OC1)O[C@H]1C[C@H]3[C@@H]4CC[C@@H]5CC(O)CC[C@]5(C)[C@H]4CC[C@]3(C)[C@H]1[C@@H]2C. The Morgan fingerprint density at radius 2 is 1.63 bits per heavy atom. The molecule has 0 aromatic heterocycles. The highest BCUT2D eigenvalue weighted by molar-refractivity contribution is 5.15. The van der Waals surface area contributed by atoms with Gasteiger partial charge in [0, 0.05) is 12.3 Å². The van der Waals surface area contributed by atoms with Gasteiger partial charge >= 0.3 is 0 Å². The van der Waals surface area contributed by atoms with Gasteiger partial charge in [-0.3, -0.25) is 0 Å². The van der Waals surface area contributed by atoms with Crippen LogP contribution in [0.2, 0.25) is 0 Å². The quantitative estimate of drug-likeness (QED) is 0.543. The third-order valence-electron chi connectivity index (χ3n) is 11.9. The first-order valence-electron chi connectivity index (χ1n) is 13.3. The number of ether oxygens (including phenoxy) is 2. The minimum atomic E-state index is -0.282. The lowest BCUT2D eigenvalue weighted by molar-refractivity contribution is -0.273. The molecule has 170 valence electrons. The van der Waals surface area contributed by atoms with Crippen molar-refractivity contribution in [1.82, 2.24) is 0 Å². The number of aliphatic hydroxyl groups excluding tert-OH is 1. The van der Waals surface area contributed by atoms with Crippen molar-refractivity contribution in [3.8, 4) is 0 Å². The summed E-state index contributed by atoms with van der Waals surface area (Å²) in [5.41, 5.74) is 0.899. The van der Waals surface area contributed by atoms with Gasteiger partial charge in [0.25, 0.3) is 0 Å². The zero-order chi connectivity index (χ0) is 20.9. The molecule has 0 radical (unpaired) electrons. The summed E-state index contributed by atoms with van der Waals surface area (Å²) in [6, 6.07) is 0. The van der Waals surface area contributed by atoms with Crippen molar-refractivity contribution < 1.29 is 14.6 Å². The summed E-state index contributed by atoms with van der Waals surface area (Å²) in [7, 11) is 0. The highest BCUT2D eigenvalue weighted by Gasteiger charge is 2.69. The summed E-state index contributed by atoms with van der Waals surface area (Å²) in [6.45, 7) is 10.9. The molecule has 4 saturated carbocycles. The third kappa shape index (κ3) is 2.61. The Balaban J connectivity index is 1.26. The molecule has 6 rings (SSSR count). The fourth-order valence-electron chi connectivity index (χ4n) is 10.3. The van der Waals surface area contributed by atoms with Crippen LogP contribution in [0.5, 0.6) is 0 Å². The summed E-state index contributed by atoms with van der Waals surface area (Å²) in [6.07, 6.45) is 12.9. The third-order valence-corrected chi connectivity index (χ3v) is 11.9. The van der Waals surface area contributed by atoms with Gasteiger partial charge in [-0.05, 0) is 104 Å². The molecule has 0 aromatic rings. The zero-order valence-electron chi connectivity index (χ0n) is 19.7. The van der Waals surface area contributed by atoms with Gasteiger partial charge in [0.15, 0.2) is 5.79 Å². The van der Waals surface area contributed by atoms with Gasteiger partial charge in [0.2, 0.25) is 0 Å². The normalized spacial score (nSPS) is 62.5. The van der Waals surface area contributed by atoms with E-state index in [2.05, 4.69) is 27.7 Å². The van der Waals surface area contributed by atoms with Crippen LogP contribution in [0, 0.1) is 52.3 Å². The van der Waals surface area contributed by atoms with Crippen molar-refractivity contribution >= 4 is 0 Å². The lowest BCUT2D eigenvalue weighted by atomic mass is 9.44. The van der Waals surface area contributed by atoms with E-state index < -0.39 is 0 Å². The smallest absolute Gasteiger partial charge is 0.171 e. The van der Waals surface area contributed by atoms with Crippen LogP contribution >= 0.6 is 0 Å². The van der Waals surface area contributed by atoms with E-state index in [1.165, 1.54) is 44.9 Å². The Kier molecular flexibility index (Phi) is 4.58. The van der Waals surface area contributed by atoms with E-state index in [0.29, 0.717) is 34.7 Å². The Bertz CT molecular complexity index is 684. The maximum absolute atomic E-state index is 10.3.